The lowest BCUT2D eigenvalue weighted by molar-refractivity contribution is -0.0156. The van der Waals surface area contributed by atoms with Crippen molar-refractivity contribution in [2.75, 3.05) is 39.0 Å². The quantitative estimate of drug-likeness (QED) is 0.791. The smallest absolute Gasteiger partial charge is 0.240 e. The highest BCUT2D eigenvalue weighted by molar-refractivity contribution is 7.89. The fraction of sp³-hybridized carbons (Fsp3) is 0.500. The van der Waals surface area contributed by atoms with Gasteiger partial charge in [-0.25, -0.2) is 13.1 Å². The monoisotopic (exact) mass is 319 g/mol. The molecule has 0 amide bonds. The first-order valence-electron chi connectivity index (χ1n) is 6.23. The Kier molecular flexibility index (Phi) is 4.87. The van der Waals surface area contributed by atoms with Gasteiger partial charge >= 0.3 is 0 Å². The highest BCUT2D eigenvalue weighted by atomic mass is 35.5. The average Bonchev–Trinajstić information content (AvgIpc) is 2.40. The van der Waals surface area contributed by atoms with Gasteiger partial charge in [0.1, 0.15) is 0 Å². The molecule has 0 aromatic heterocycles. The Bertz CT molecular complexity index is 579. The molecule has 1 saturated heterocycles. The van der Waals surface area contributed by atoms with Crippen molar-refractivity contribution >= 4 is 27.3 Å². The number of halogens is 1. The van der Waals surface area contributed by atoms with Gasteiger partial charge in [0.15, 0.2) is 0 Å². The van der Waals surface area contributed by atoms with Gasteiger partial charge in [-0.3, -0.25) is 0 Å². The molecule has 1 unspecified atom stereocenters. The first kappa shape index (κ1) is 15.5. The maximum absolute atomic E-state index is 12.1. The molecule has 1 aliphatic rings. The number of likely N-dealkylation sites (N-methyl/N-ethyl adjacent to an activating group) is 1. The number of sulfonamides is 1. The molecule has 6 nitrogen and oxygen atoms in total. The van der Waals surface area contributed by atoms with Crippen LogP contribution < -0.4 is 10.5 Å². The van der Waals surface area contributed by atoms with Crippen LogP contribution in [0.4, 0.5) is 5.69 Å². The molecular weight excluding hydrogens is 302 g/mol. The van der Waals surface area contributed by atoms with Crippen LogP contribution in [0.3, 0.4) is 0 Å². The molecule has 1 heterocycles. The van der Waals surface area contributed by atoms with Crippen molar-refractivity contribution in [2.24, 2.45) is 0 Å². The van der Waals surface area contributed by atoms with Gasteiger partial charge in [0.25, 0.3) is 0 Å². The molecule has 112 valence electrons. The largest absolute Gasteiger partial charge is 0.397 e. The lowest BCUT2D eigenvalue weighted by Gasteiger charge is -2.30. The molecule has 3 N–H and O–H groups in total. The van der Waals surface area contributed by atoms with E-state index in [2.05, 4.69) is 9.62 Å². The second kappa shape index (κ2) is 6.28. The van der Waals surface area contributed by atoms with E-state index in [4.69, 9.17) is 22.1 Å². The Morgan fingerprint density at radius 1 is 1.55 bits per heavy atom. The number of nitrogens with zero attached hydrogens (tertiary/aromatic N) is 1. The number of nitrogens with one attached hydrogen (secondary N) is 1. The summed E-state index contributed by atoms with van der Waals surface area (Å²) in [5, 5.41) is 0.334. The van der Waals surface area contributed by atoms with Crippen molar-refractivity contribution in [3.8, 4) is 0 Å². The van der Waals surface area contributed by atoms with Gasteiger partial charge in [0, 0.05) is 19.6 Å². The van der Waals surface area contributed by atoms with Crippen LogP contribution in [-0.4, -0.2) is 52.7 Å². The third-order valence-electron chi connectivity index (χ3n) is 3.12. The zero-order chi connectivity index (χ0) is 14.8. The lowest BCUT2D eigenvalue weighted by Crippen LogP contribution is -2.45. The number of rotatable bonds is 4. The summed E-state index contributed by atoms with van der Waals surface area (Å²) in [6.45, 7) is 2.40. The number of hydrogen-bond acceptors (Lipinski definition) is 5. The zero-order valence-electron chi connectivity index (χ0n) is 11.2. The Morgan fingerprint density at radius 2 is 2.30 bits per heavy atom. The molecule has 1 fully saturated rings. The minimum absolute atomic E-state index is 0.101. The third-order valence-corrected chi connectivity index (χ3v) is 4.89. The second-order valence-corrected chi connectivity index (χ2v) is 6.96. The number of anilines is 1. The molecule has 1 aromatic rings. The fourth-order valence-electron chi connectivity index (χ4n) is 1.97. The van der Waals surface area contributed by atoms with E-state index in [1.165, 1.54) is 18.2 Å². The van der Waals surface area contributed by atoms with E-state index in [9.17, 15) is 8.42 Å². The predicted octanol–water partition coefficient (Wildman–Crippen LogP) is 0.531. The molecule has 20 heavy (non-hydrogen) atoms. The number of nitrogen functional groups attached to an aromatic ring is 1. The normalized spacial score (nSPS) is 21.0. The van der Waals surface area contributed by atoms with Crippen LogP contribution >= 0.6 is 11.6 Å². The summed E-state index contributed by atoms with van der Waals surface area (Å²) in [5.74, 6) is 0. The second-order valence-electron chi connectivity index (χ2n) is 4.79. The molecule has 1 aliphatic heterocycles. The van der Waals surface area contributed by atoms with E-state index >= 15 is 0 Å². The van der Waals surface area contributed by atoms with Crippen molar-refractivity contribution in [1.82, 2.24) is 9.62 Å². The van der Waals surface area contributed by atoms with Gasteiger partial charge in [-0.15, -0.1) is 0 Å². The molecule has 0 spiro atoms. The number of ether oxygens (including phenoxy) is 1. The minimum atomic E-state index is -3.60. The van der Waals surface area contributed by atoms with Crippen molar-refractivity contribution in [2.45, 2.75) is 11.0 Å². The van der Waals surface area contributed by atoms with Crippen molar-refractivity contribution in [1.29, 1.82) is 0 Å². The summed E-state index contributed by atoms with van der Waals surface area (Å²) < 4.78 is 32.3. The van der Waals surface area contributed by atoms with Crippen LogP contribution in [0.2, 0.25) is 5.02 Å². The average molecular weight is 320 g/mol. The van der Waals surface area contributed by atoms with Gasteiger partial charge in [-0.1, -0.05) is 11.6 Å². The minimum Gasteiger partial charge on any atom is -0.397 e. The summed E-state index contributed by atoms with van der Waals surface area (Å²) in [7, 11) is -1.63. The maximum atomic E-state index is 12.1. The van der Waals surface area contributed by atoms with Crippen LogP contribution in [0.25, 0.3) is 0 Å². The summed E-state index contributed by atoms with van der Waals surface area (Å²) in [4.78, 5) is 2.20. The van der Waals surface area contributed by atoms with Crippen LogP contribution in [0, 0.1) is 0 Å². The van der Waals surface area contributed by atoms with Crippen LogP contribution in [0.1, 0.15) is 0 Å². The molecule has 2 rings (SSSR count). The number of benzene rings is 1. The highest BCUT2D eigenvalue weighted by Gasteiger charge is 2.21. The third kappa shape index (κ3) is 3.83. The predicted molar refractivity (Wildman–Crippen MR) is 78.3 cm³/mol. The Labute approximate surface area is 123 Å². The van der Waals surface area contributed by atoms with Crippen molar-refractivity contribution in [3.63, 3.8) is 0 Å². The van der Waals surface area contributed by atoms with E-state index in [1.54, 1.807) is 0 Å². The molecule has 0 aliphatic carbocycles. The first-order chi connectivity index (χ1) is 9.38. The van der Waals surface area contributed by atoms with E-state index in [0.29, 0.717) is 18.2 Å². The summed E-state index contributed by atoms with van der Waals surface area (Å²) in [6, 6.07) is 4.24. The Hall–Kier alpha value is -0.860. The summed E-state index contributed by atoms with van der Waals surface area (Å²) in [5.41, 5.74) is 5.86. The van der Waals surface area contributed by atoms with E-state index < -0.39 is 10.0 Å². The number of morpholine rings is 1. The van der Waals surface area contributed by atoms with Crippen molar-refractivity contribution < 1.29 is 13.2 Å². The molecular formula is C12H18ClN3O3S. The molecule has 0 bridgehead atoms. The number of hydrogen-bond donors (Lipinski definition) is 2. The van der Waals surface area contributed by atoms with E-state index in [1.807, 2.05) is 7.05 Å². The van der Waals surface area contributed by atoms with Gasteiger partial charge in [-0.2, -0.15) is 0 Å². The fourth-order valence-corrected chi connectivity index (χ4v) is 3.18. The molecule has 8 heteroatoms. The van der Waals surface area contributed by atoms with Crippen LogP contribution in [0.15, 0.2) is 23.1 Å². The zero-order valence-corrected chi connectivity index (χ0v) is 12.7. The van der Waals surface area contributed by atoms with Gasteiger partial charge in [0.05, 0.1) is 28.3 Å². The van der Waals surface area contributed by atoms with Crippen molar-refractivity contribution in [3.05, 3.63) is 23.2 Å². The van der Waals surface area contributed by atoms with Gasteiger partial charge in [-0.05, 0) is 25.2 Å². The maximum Gasteiger partial charge on any atom is 0.240 e. The van der Waals surface area contributed by atoms with E-state index in [-0.39, 0.29) is 23.2 Å². The molecule has 1 aromatic carbocycles. The van der Waals surface area contributed by atoms with Gasteiger partial charge in [0.2, 0.25) is 10.0 Å². The Balaban J connectivity index is 2.01. The topological polar surface area (TPSA) is 84.7 Å². The SMILES string of the molecule is CN1CCOC(CNS(=O)(=O)c2ccc(Cl)c(N)c2)C1. The highest BCUT2D eigenvalue weighted by Crippen LogP contribution is 2.22. The summed E-state index contributed by atoms with van der Waals surface area (Å²) in [6.07, 6.45) is -0.145. The standard InChI is InChI=1S/C12H18ClN3O3S/c1-16-4-5-19-9(8-16)7-15-20(17,18)10-2-3-11(13)12(14)6-10/h2-3,6,9,15H,4-5,7-8,14H2,1H3. The van der Waals surface area contributed by atoms with Crippen LogP contribution in [0.5, 0.6) is 0 Å². The number of nitrogens with two attached hydrogens (primary N) is 1. The molecule has 0 saturated carbocycles. The van der Waals surface area contributed by atoms with Crippen LogP contribution in [-0.2, 0) is 14.8 Å². The summed E-state index contributed by atoms with van der Waals surface area (Å²) >= 11 is 5.78. The van der Waals surface area contributed by atoms with E-state index in [0.717, 1.165) is 6.54 Å². The Morgan fingerprint density at radius 3 is 2.95 bits per heavy atom. The molecule has 0 radical (unpaired) electrons. The van der Waals surface area contributed by atoms with Gasteiger partial charge < -0.3 is 15.4 Å². The first-order valence-corrected chi connectivity index (χ1v) is 8.09. The lowest BCUT2D eigenvalue weighted by atomic mass is 10.3. The molecule has 1 atom stereocenters.